The minimum Gasteiger partial charge on any atom is -0.395 e. The molecule has 2 N–H and O–H groups in total. The van der Waals surface area contributed by atoms with Crippen molar-refractivity contribution in [3.63, 3.8) is 0 Å². The molecule has 0 bridgehead atoms. The Balaban J connectivity index is 4.08. The van der Waals surface area contributed by atoms with Crippen LogP contribution >= 0.6 is 0 Å². The fourth-order valence-corrected chi connectivity index (χ4v) is 3.36. The zero-order valence-corrected chi connectivity index (χ0v) is 18.8. The van der Waals surface area contributed by atoms with Crippen molar-refractivity contribution in [2.75, 3.05) is 19.8 Å². The van der Waals surface area contributed by atoms with Crippen LogP contribution < -0.4 is 5.48 Å². The lowest BCUT2D eigenvalue weighted by atomic mass is 9.94. The van der Waals surface area contributed by atoms with E-state index in [1.54, 1.807) is 0 Å². The van der Waals surface area contributed by atoms with E-state index in [1.165, 1.54) is 51.4 Å². The van der Waals surface area contributed by atoms with E-state index in [2.05, 4.69) is 19.3 Å². The summed E-state index contributed by atoms with van der Waals surface area (Å²) in [6, 6.07) is 0. The number of aliphatic hydroxyl groups is 1. The zero-order valence-electron chi connectivity index (χ0n) is 18.8. The number of nitrogens with one attached hydrogen (secondary N) is 1. The number of carbonyl (C=O) groups is 2. The lowest BCUT2D eigenvalue weighted by Crippen LogP contribution is -2.30. The quantitative estimate of drug-likeness (QED) is 0.151. The van der Waals surface area contributed by atoms with Crippen molar-refractivity contribution >= 4 is 12.3 Å². The number of hydroxylamine groups is 1. The number of unbranched alkanes of at least 4 members (excludes halogenated alkanes) is 9. The maximum absolute atomic E-state index is 12.3. The third kappa shape index (κ3) is 17.6. The molecular weight excluding hydrogens is 370 g/mol. The van der Waals surface area contributed by atoms with E-state index >= 15 is 0 Å². The van der Waals surface area contributed by atoms with Gasteiger partial charge in [0.1, 0.15) is 6.29 Å². The molecule has 0 saturated heterocycles. The SMILES string of the molecule is CCCCCCCCCCCOC(CC)CC(CCCC=O)C(=O)ONCCO. The molecule has 0 aromatic carbocycles. The third-order valence-electron chi connectivity index (χ3n) is 5.20. The Morgan fingerprint density at radius 3 is 2.24 bits per heavy atom. The number of rotatable bonds is 22. The van der Waals surface area contributed by atoms with Crippen molar-refractivity contribution in [1.82, 2.24) is 5.48 Å². The molecule has 2 unspecified atom stereocenters. The molecule has 2 atom stereocenters. The predicted octanol–water partition coefficient (Wildman–Crippen LogP) is 4.73. The first-order valence-electron chi connectivity index (χ1n) is 11.8. The summed E-state index contributed by atoms with van der Waals surface area (Å²) in [5.74, 6) is -0.635. The highest BCUT2D eigenvalue weighted by Crippen LogP contribution is 2.20. The van der Waals surface area contributed by atoms with Crippen LogP contribution in [0.1, 0.15) is 104 Å². The van der Waals surface area contributed by atoms with Gasteiger partial charge < -0.3 is 19.5 Å². The molecule has 0 heterocycles. The molecule has 6 nitrogen and oxygen atoms in total. The standard InChI is InChI=1S/C23H45NO5/c1-3-5-6-7-8-9-10-11-14-19-28-22(4-2)20-21(15-12-13-17-25)23(27)29-24-16-18-26/h17,21-22,24,26H,3-16,18-20H2,1-2H3. The van der Waals surface area contributed by atoms with Gasteiger partial charge in [-0.25, -0.2) is 0 Å². The summed E-state index contributed by atoms with van der Waals surface area (Å²) >= 11 is 0. The van der Waals surface area contributed by atoms with Crippen LogP contribution in [0.4, 0.5) is 0 Å². The number of ether oxygens (including phenoxy) is 1. The van der Waals surface area contributed by atoms with Gasteiger partial charge in [0, 0.05) is 13.0 Å². The Morgan fingerprint density at radius 1 is 1.00 bits per heavy atom. The number of hydrogen-bond acceptors (Lipinski definition) is 6. The molecule has 0 aliphatic carbocycles. The normalized spacial score (nSPS) is 13.2. The number of aldehydes is 1. The minimum atomic E-state index is -0.338. The third-order valence-corrected chi connectivity index (χ3v) is 5.20. The molecule has 172 valence electrons. The van der Waals surface area contributed by atoms with E-state index in [0.29, 0.717) is 25.7 Å². The van der Waals surface area contributed by atoms with Crippen LogP contribution in [0.25, 0.3) is 0 Å². The van der Waals surface area contributed by atoms with E-state index in [-0.39, 0.29) is 31.1 Å². The Morgan fingerprint density at radius 2 is 1.66 bits per heavy atom. The van der Waals surface area contributed by atoms with Crippen molar-refractivity contribution in [2.24, 2.45) is 5.92 Å². The van der Waals surface area contributed by atoms with Crippen LogP contribution in [0.5, 0.6) is 0 Å². The molecule has 0 amide bonds. The number of carbonyl (C=O) groups excluding carboxylic acids is 2. The minimum absolute atomic E-state index is 0.0238. The molecule has 0 saturated carbocycles. The van der Waals surface area contributed by atoms with Gasteiger partial charge in [0.25, 0.3) is 0 Å². The smallest absolute Gasteiger partial charge is 0.327 e. The lowest BCUT2D eigenvalue weighted by molar-refractivity contribution is -0.158. The highest BCUT2D eigenvalue weighted by atomic mass is 16.7. The van der Waals surface area contributed by atoms with E-state index in [4.69, 9.17) is 14.7 Å². The molecule has 0 rings (SSSR count). The zero-order chi connectivity index (χ0) is 21.6. The first-order chi connectivity index (χ1) is 14.2. The summed E-state index contributed by atoms with van der Waals surface area (Å²) in [6.45, 7) is 5.15. The van der Waals surface area contributed by atoms with Gasteiger partial charge in [-0.2, -0.15) is 5.48 Å². The maximum atomic E-state index is 12.3. The van der Waals surface area contributed by atoms with Crippen molar-refractivity contribution in [2.45, 2.75) is 110 Å². The predicted molar refractivity (Wildman–Crippen MR) is 116 cm³/mol. The molecule has 29 heavy (non-hydrogen) atoms. The van der Waals surface area contributed by atoms with Crippen molar-refractivity contribution < 1.29 is 24.3 Å². The van der Waals surface area contributed by atoms with Crippen molar-refractivity contribution in [3.8, 4) is 0 Å². The molecule has 0 aromatic rings. The Kier molecular flexibility index (Phi) is 21.0. The molecule has 0 fully saturated rings. The van der Waals surface area contributed by atoms with E-state index in [9.17, 15) is 9.59 Å². The topological polar surface area (TPSA) is 84.9 Å². The molecule has 0 aromatic heterocycles. The molecule has 0 radical (unpaired) electrons. The fourth-order valence-electron chi connectivity index (χ4n) is 3.36. The number of aliphatic hydroxyl groups excluding tert-OH is 1. The summed E-state index contributed by atoms with van der Waals surface area (Å²) < 4.78 is 6.03. The lowest BCUT2D eigenvalue weighted by Gasteiger charge is -2.22. The first kappa shape index (κ1) is 28.0. The van der Waals surface area contributed by atoms with Crippen LogP contribution in [0.2, 0.25) is 0 Å². The molecule has 0 spiro atoms. The summed E-state index contributed by atoms with van der Waals surface area (Å²) in [4.78, 5) is 27.9. The van der Waals surface area contributed by atoms with Gasteiger partial charge >= 0.3 is 5.97 Å². The van der Waals surface area contributed by atoms with Gasteiger partial charge in [0.15, 0.2) is 0 Å². The van der Waals surface area contributed by atoms with Gasteiger partial charge in [-0.1, -0.05) is 65.2 Å². The monoisotopic (exact) mass is 415 g/mol. The fraction of sp³-hybridized carbons (Fsp3) is 0.913. The second kappa shape index (κ2) is 21.7. The summed E-state index contributed by atoms with van der Waals surface area (Å²) in [5, 5.41) is 8.78. The highest BCUT2D eigenvalue weighted by Gasteiger charge is 2.24. The van der Waals surface area contributed by atoms with Gasteiger partial charge in [-0.05, 0) is 32.1 Å². The Hall–Kier alpha value is -0.980. The molecular formula is C23H45NO5. The van der Waals surface area contributed by atoms with Gasteiger partial charge in [0.2, 0.25) is 0 Å². The first-order valence-corrected chi connectivity index (χ1v) is 11.8. The van der Waals surface area contributed by atoms with E-state index in [0.717, 1.165) is 25.7 Å². The van der Waals surface area contributed by atoms with Crippen LogP contribution in [0.3, 0.4) is 0 Å². The molecule has 0 aliphatic heterocycles. The maximum Gasteiger partial charge on any atom is 0.327 e. The number of hydrogen-bond donors (Lipinski definition) is 2. The summed E-state index contributed by atoms with van der Waals surface area (Å²) in [5.41, 5.74) is 2.47. The van der Waals surface area contributed by atoms with Crippen LogP contribution in [-0.4, -0.2) is 43.2 Å². The van der Waals surface area contributed by atoms with E-state index < -0.39 is 0 Å². The summed E-state index contributed by atoms with van der Waals surface area (Å²) in [7, 11) is 0. The van der Waals surface area contributed by atoms with Gasteiger partial charge in [-0.15, -0.1) is 0 Å². The second-order valence-electron chi connectivity index (χ2n) is 7.80. The Labute approximate surface area is 178 Å². The van der Waals surface area contributed by atoms with E-state index in [1.807, 2.05) is 0 Å². The average molecular weight is 416 g/mol. The highest BCUT2D eigenvalue weighted by molar-refractivity contribution is 5.72. The largest absolute Gasteiger partial charge is 0.395 e. The van der Waals surface area contributed by atoms with Crippen molar-refractivity contribution in [3.05, 3.63) is 0 Å². The average Bonchev–Trinajstić information content (AvgIpc) is 2.73. The molecule has 6 heteroatoms. The van der Waals surface area contributed by atoms with Gasteiger partial charge in [-0.3, -0.25) is 4.79 Å². The van der Waals surface area contributed by atoms with Gasteiger partial charge in [0.05, 0.1) is 25.2 Å². The molecule has 0 aliphatic rings. The van der Waals surface area contributed by atoms with Crippen LogP contribution in [0, 0.1) is 5.92 Å². The second-order valence-corrected chi connectivity index (χ2v) is 7.80. The summed E-state index contributed by atoms with van der Waals surface area (Å²) in [6.07, 6.45) is 15.6. The Bertz CT molecular complexity index is 378. The van der Waals surface area contributed by atoms with Crippen molar-refractivity contribution in [1.29, 1.82) is 0 Å². The van der Waals surface area contributed by atoms with Crippen LogP contribution in [0.15, 0.2) is 0 Å². The van der Waals surface area contributed by atoms with Crippen LogP contribution in [-0.2, 0) is 19.2 Å².